The van der Waals surface area contributed by atoms with Crippen LogP contribution >= 0.6 is 0 Å². The number of hydrogen-bond donors (Lipinski definition) is 1. The van der Waals surface area contributed by atoms with Crippen molar-refractivity contribution >= 4 is 6.03 Å². The van der Waals surface area contributed by atoms with Crippen LogP contribution in [0.5, 0.6) is 0 Å². The Bertz CT molecular complexity index is 289. The van der Waals surface area contributed by atoms with Gasteiger partial charge in [0.2, 0.25) is 0 Å². The predicted molar refractivity (Wildman–Crippen MR) is 71.6 cm³/mol. The first kappa shape index (κ1) is 12.3. The van der Waals surface area contributed by atoms with E-state index in [1.807, 2.05) is 4.90 Å². The molecule has 0 aromatic rings. The minimum absolute atomic E-state index is 0.167. The summed E-state index contributed by atoms with van der Waals surface area (Å²) >= 11 is 0. The average molecular weight is 251 g/mol. The van der Waals surface area contributed by atoms with Crippen LogP contribution in [0, 0.1) is 0 Å². The Morgan fingerprint density at radius 1 is 0.889 bits per heavy atom. The lowest BCUT2D eigenvalue weighted by molar-refractivity contribution is 0.0905. The van der Waals surface area contributed by atoms with Crippen LogP contribution in [0.4, 0.5) is 4.79 Å². The van der Waals surface area contributed by atoms with E-state index in [0.29, 0.717) is 6.04 Å². The Kier molecular flexibility index (Phi) is 3.73. The first-order valence-corrected chi connectivity index (χ1v) is 7.62. The number of nitrogens with zero attached hydrogens (tertiary/aromatic N) is 2. The lowest BCUT2D eigenvalue weighted by Gasteiger charge is -2.40. The number of carbonyl (C=O) groups excluding carboxylic acids is 1. The Morgan fingerprint density at radius 3 is 2.17 bits per heavy atom. The molecule has 2 aliphatic carbocycles. The molecule has 3 aliphatic rings. The second kappa shape index (κ2) is 5.47. The van der Waals surface area contributed by atoms with Crippen molar-refractivity contribution in [3.05, 3.63) is 0 Å². The average Bonchev–Trinajstić information content (AvgIpc) is 3.24. The fraction of sp³-hybridized carbons (Fsp3) is 0.929. The quantitative estimate of drug-likeness (QED) is 0.812. The highest BCUT2D eigenvalue weighted by molar-refractivity contribution is 5.75. The molecule has 102 valence electrons. The number of carbonyl (C=O) groups is 1. The van der Waals surface area contributed by atoms with Crippen LogP contribution in [0.3, 0.4) is 0 Å². The smallest absolute Gasteiger partial charge is 0.317 e. The predicted octanol–water partition coefficient (Wildman–Crippen LogP) is 1.81. The maximum atomic E-state index is 11.9. The molecule has 1 aliphatic heterocycles. The van der Waals surface area contributed by atoms with Crippen molar-refractivity contribution in [1.29, 1.82) is 0 Å². The Balaban J connectivity index is 1.43. The van der Waals surface area contributed by atoms with E-state index >= 15 is 0 Å². The van der Waals surface area contributed by atoms with E-state index in [0.717, 1.165) is 32.2 Å². The molecule has 1 heterocycles. The molecule has 0 radical (unpaired) electrons. The summed E-state index contributed by atoms with van der Waals surface area (Å²) in [5, 5.41) is 3.09. The fourth-order valence-electron chi connectivity index (χ4n) is 3.23. The summed E-state index contributed by atoms with van der Waals surface area (Å²) in [6.45, 7) is 3.97. The van der Waals surface area contributed by atoms with Crippen LogP contribution in [0.15, 0.2) is 0 Å². The normalized spacial score (nSPS) is 27.2. The zero-order chi connectivity index (χ0) is 12.4. The number of nitrogens with one attached hydrogen (secondary N) is 1. The van der Waals surface area contributed by atoms with Crippen molar-refractivity contribution < 1.29 is 4.79 Å². The summed E-state index contributed by atoms with van der Waals surface area (Å²) in [6, 6.07) is 1.45. The van der Waals surface area contributed by atoms with E-state index in [1.165, 1.54) is 44.9 Å². The van der Waals surface area contributed by atoms with Crippen LogP contribution in [0.25, 0.3) is 0 Å². The molecule has 18 heavy (non-hydrogen) atoms. The first-order valence-electron chi connectivity index (χ1n) is 7.62. The number of amides is 2. The van der Waals surface area contributed by atoms with Gasteiger partial charge in [-0.05, 0) is 25.7 Å². The SMILES string of the molecule is O=C(NC1CC1)N1CCN(C2CCCCC2)CC1. The largest absolute Gasteiger partial charge is 0.335 e. The highest BCUT2D eigenvalue weighted by Crippen LogP contribution is 2.24. The van der Waals surface area contributed by atoms with Gasteiger partial charge < -0.3 is 10.2 Å². The summed E-state index contributed by atoms with van der Waals surface area (Å²) in [5.74, 6) is 0. The molecule has 0 unspecified atom stereocenters. The van der Waals surface area contributed by atoms with Gasteiger partial charge in [-0.25, -0.2) is 4.79 Å². The van der Waals surface area contributed by atoms with E-state index in [-0.39, 0.29) is 6.03 Å². The highest BCUT2D eigenvalue weighted by Gasteiger charge is 2.29. The van der Waals surface area contributed by atoms with Crippen molar-refractivity contribution in [1.82, 2.24) is 15.1 Å². The van der Waals surface area contributed by atoms with Crippen molar-refractivity contribution in [2.75, 3.05) is 26.2 Å². The van der Waals surface area contributed by atoms with Crippen LogP contribution < -0.4 is 5.32 Å². The third-order valence-corrected chi connectivity index (χ3v) is 4.60. The molecule has 0 bridgehead atoms. The first-order chi connectivity index (χ1) is 8.83. The molecule has 2 amide bonds. The van der Waals surface area contributed by atoms with Gasteiger partial charge in [-0.1, -0.05) is 19.3 Å². The zero-order valence-corrected chi connectivity index (χ0v) is 11.2. The summed E-state index contributed by atoms with van der Waals surface area (Å²) in [6.07, 6.45) is 9.30. The van der Waals surface area contributed by atoms with Crippen LogP contribution in [-0.4, -0.2) is 54.1 Å². The lowest BCUT2D eigenvalue weighted by atomic mass is 9.94. The second-order valence-corrected chi connectivity index (χ2v) is 6.04. The van der Waals surface area contributed by atoms with Gasteiger partial charge in [0.1, 0.15) is 0 Å². The molecule has 0 aromatic carbocycles. The Labute approximate surface area is 110 Å². The van der Waals surface area contributed by atoms with E-state index in [4.69, 9.17) is 0 Å². The minimum atomic E-state index is 0.167. The van der Waals surface area contributed by atoms with Crippen molar-refractivity contribution in [2.24, 2.45) is 0 Å². The maximum Gasteiger partial charge on any atom is 0.317 e. The van der Waals surface area contributed by atoms with E-state index < -0.39 is 0 Å². The number of piperazine rings is 1. The molecule has 1 saturated heterocycles. The standard InChI is InChI=1S/C14H25N3O/c18-14(15-12-6-7-12)17-10-8-16(9-11-17)13-4-2-1-3-5-13/h12-13H,1-11H2,(H,15,18). The number of hydrogen-bond acceptors (Lipinski definition) is 2. The Morgan fingerprint density at radius 2 is 1.56 bits per heavy atom. The molecular formula is C14H25N3O. The van der Waals surface area contributed by atoms with Crippen LogP contribution in [-0.2, 0) is 0 Å². The van der Waals surface area contributed by atoms with Crippen LogP contribution in [0.2, 0.25) is 0 Å². The molecule has 3 rings (SSSR count). The van der Waals surface area contributed by atoms with Gasteiger partial charge in [0.05, 0.1) is 0 Å². The molecule has 4 heteroatoms. The van der Waals surface area contributed by atoms with Gasteiger partial charge in [0, 0.05) is 38.3 Å². The molecule has 2 saturated carbocycles. The van der Waals surface area contributed by atoms with E-state index in [9.17, 15) is 4.79 Å². The van der Waals surface area contributed by atoms with Gasteiger partial charge in [0.25, 0.3) is 0 Å². The van der Waals surface area contributed by atoms with Gasteiger partial charge in [-0.2, -0.15) is 0 Å². The van der Waals surface area contributed by atoms with E-state index in [1.54, 1.807) is 0 Å². The third-order valence-electron chi connectivity index (χ3n) is 4.60. The van der Waals surface area contributed by atoms with Crippen molar-refractivity contribution in [3.63, 3.8) is 0 Å². The molecule has 1 N–H and O–H groups in total. The maximum absolute atomic E-state index is 11.9. The molecule has 0 spiro atoms. The third kappa shape index (κ3) is 2.97. The van der Waals surface area contributed by atoms with Crippen LogP contribution in [0.1, 0.15) is 44.9 Å². The lowest BCUT2D eigenvalue weighted by Crippen LogP contribution is -2.54. The summed E-state index contributed by atoms with van der Waals surface area (Å²) in [7, 11) is 0. The minimum Gasteiger partial charge on any atom is -0.335 e. The van der Waals surface area contributed by atoms with Gasteiger partial charge in [-0.3, -0.25) is 4.90 Å². The van der Waals surface area contributed by atoms with Crippen molar-refractivity contribution in [2.45, 2.75) is 57.0 Å². The number of urea groups is 1. The second-order valence-electron chi connectivity index (χ2n) is 6.04. The molecule has 0 atom stereocenters. The highest BCUT2D eigenvalue weighted by atomic mass is 16.2. The molecule has 4 nitrogen and oxygen atoms in total. The zero-order valence-electron chi connectivity index (χ0n) is 11.2. The van der Waals surface area contributed by atoms with Gasteiger partial charge in [0.15, 0.2) is 0 Å². The van der Waals surface area contributed by atoms with E-state index in [2.05, 4.69) is 10.2 Å². The molecular weight excluding hydrogens is 226 g/mol. The molecule has 3 fully saturated rings. The van der Waals surface area contributed by atoms with Crippen molar-refractivity contribution in [3.8, 4) is 0 Å². The van der Waals surface area contributed by atoms with Gasteiger partial charge in [-0.15, -0.1) is 0 Å². The fourth-order valence-corrected chi connectivity index (χ4v) is 3.23. The summed E-state index contributed by atoms with van der Waals surface area (Å²) in [5.41, 5.74) is 0. The summed E-state index contributed by atoms with van der Waals surface area (Å²) in [4.78, 5) is 16.5. The summed E-state index contributed by atoms with van der Waals surface area (Å²) < 4.78 is 0. The monoisotopic (exact) mass is 251 g/mol. The molecule has 0 aromatic heterocycles. The van der Waals surface area contributed by atoms with Gasteiger partial charge >= 0.3 is 6.03 Å². The topological polar surface area (TPSA) is 35.6 Å². The number of rotatable bonds is 2. The Hall–Kier alpha value is -0.770.